The molecule has 0 radical (unpaired) electrons. The molecule has 0 atom stereocenters. The van der Waals surface area contributed by atoms with Crippen LogP contribution >= 0.6 is 7.92 Å². The van der Waals surface area contributed by atoms with Crippen molar-refractivity contribution in [2.24, 2.45) is 10.8 Å². The first-order valence-electron chi connectivity index (χ1n) is 7.80. The van der Waals surface area contributed by atoms with Gasteiger partial charge in [-0.3, -0.25) is 9.59 Å². The van der Waals surface area contributed by atoms with Gasteiger partial charge in [0, 0.05) is 0 Å². The molecule has 0 aliphatic heterocycles. The number of hydrogen-bond acceptors (Lipinski definition) is 2. The number of hydrogen-bond donors (Lipinski definition) is 0. The second-order valence-corrected chi connectivity index (χ2v) is 9.70. The lowest BCUT2D eigenvalue weighted by molar-refractivity contribution is -0.104. The van der Waals surface area contributed by atoms with Crippen molar-refractivity contribution < 1.29 is 9.59 Å². The van der Waals surface area contributed by atoms with E-state index in [4.69, 9.17) is 0 Å². The van der Waals surface area contributed by atoms with Crippen LogP contribution in [0.25, 0.3) is 0 Å². The molecule has 1 aromatic rings. The maximum absolute atomic E-state index is 11.3. The highest BCUT2D eigenvalue weighted by atomic mass is 31.1. The van der Waals surface area contributed by atoms with Gasteiger partial charge in [0.1, 0.15) is 12.6 Å². The summed E-state index contributed by atoms with van der Waals surface area (Å²) >= 11 is 0. The third kappa shape index (κ3) is 5.25. The van der Waals surface area contributed by atoms with Crippen LogP contribution in [0.2, 0.25) is 0 Å². The van der Waals surface area contributed by atoms with Crippen LogP contribution < -0.4 is 5.30 Å². The molecular weight excluding hydrogens is 303 g/mol. The molecule has 0 heterocycles. The smallest absolute Gasteiger partial charge is 0.143 e. The Morgan fingerprint density at radius 3 is 1.48 bits per heavy atom. The standard InChI is InChI=1S/C20H27O2P/c1-19(2,3)17(12-14-21)23(16-10-8-7-9-11-16)18(13-15-22)20(4,5)6/h7-15H,1-6H3. The van der Waals surface area contributed by atoms with E-state index < -0.39 is 7.92 Å². The zero-order chi connectivity index (χ0) is 17.7. The highest BCUT2D eigenvalue weighted by Crippen LogP contribution is 2.61. The van der Waals surface area contributed by atoms with E-state index in [9.17, 15) is 9.59 Å². The molecular formula is C20H27O2P. The van der Waals surface area contributed by atoms with Crippen LogP contribution in [0, 0.1) is 10.8 Å². The summed E-state index contributed by atoms with van der Waals surface area (Å²) in [5.41, 5.74) is -0.314. The minimum absolute atomic E-state index is 0.157. The van der Waals surface area contributed by atoms with Gasteiger partial charge >= 0.3 is 0 Å². The van der Waals surface area contributed by atoms with Crippen LogP contribution in [0.5, 0.6) is 0 Å². The molecule has 124 valence electrons. The van der Waals surface area contributed by atoms with Gasteiger partial charge < -0.3 is 0 Å². The maximum Gasteiger partial charge on any atom is 0.143 e. The molecule has 1 aromatic carbocycles. The molecule has 2 nitrogen and oxygen atoms in total. The lowest BCUT2D eigenvalue weighted by atomic mass is 9.95. The zero-order valence-electron chi connectivity index (χ0n) is 15.0. The van der Waals surface area contributed by atoms with E-state index in [2.05, 4.69) is 53.7 Å². The average molecular weight is 330 g/mol. The fourth-order valence-electron chi connectivity index (χ4n) is 2.43. The molecule has 0 aliphatic carbocycles. The van der Waals surface area contributed by atoms with E-state index in [0.717, 1.165) is 28.5 Å². The van der Waals surface area contributed by atoms with Gasteiger partial charge in [-0.1, -0.05) is 71.9 Å². The molecule has 0 aromatic heterocycles. The van der Waals surface area contributed by atoms with Gasteiger partial charge in [-0.2, -0.15) is 0 Å². The lowest BCUT2D eigenvalue weighted by Gasteiger charge is -2.37. The van der Waals surface area contributed by atoms with Crippen LogP contribution in [0.4, 0.5) is 0 Å². The quantitative estimate of drug-likeness (QED) is 0.430. The van der Waals surface area contributed by atoms with Gasteiger partial charge in [-0.05, 0) is 46.8 Å². The van der Waals surface area contributed by atoms with Gasteiger partial charge in [-0.25, -0.2) is 0 Å². The van der Waals surface area contributed by atoms with Crippen LogP contribution in [-0.4, -0.2) is 12.6 Å². The van der Waals surface area contributed by atoms with E-state index in [1.54, 1.807) is 12.2 Å². The fourth-order valence-corrected chi connectivity index (χ4v) is 5.48. The summed E-state index contributed by atoms with van der Waals surface area (Å²) in [5.74, 6) is 0. The Labute approximate surface area is 141 Å². The van der Waals surface area contributed by atoms with E-state index in [1.165, 1.54) is 0 Å². The van der Waals surface area contributed by atoms with Crippen molar-refractivity contribution in [2.45, 2.75) is 41.5 Å². The molecule has 0 amide bonds. The number of carbonyl (C=O) groups excluding carboxylic acids is 2. The average Bonchev–Trinajstić information content (AvgIpc) is 2.44. The Kier molecular flexibility index (Phi) is 6.65. The van der Waals surface area contributed by atoms with Crippen molar-refractivity contribution in [3.05, 3.63) is 53.1 Å². The van der Waals surface area contributed by atoms with Crippen LogP contribution in [0.3, 0.4) is 0 Å². The van der Waals surface area contributed by atoms with Gasteiger partial charge in [-0.15, -0.1) is 0 Å². The SMILES string of the molecule is CC(C)(C)C(=CC=O)P(C(=CC=O)C(C)(C)C)c1ccccc1. The Morgan fingerprint density at radius 1 is 0.783 bits per heavy atom. The summed E-state index contributed by atoms with van der Waals surface area (Å²) in [5, 5.41) is 3.32. The van der Waals surface area contributed by atoms with E-state index in [1.807, 2.05) is 18.2 Å². The largest absolute Gasteiger partial charge is 0.299 e. The molecule has 0 saturated carbocycles. The van der Waals surface area contributed by atoms with Gasteiger partial charge in [0.15, 0.2) is 0 Å². The minimum Gasteiger partial charge on any atom is -0.299 e. The second-order valence-electron chi connectivity index (χ2n) is 7.55. The van der Waals surface area contributed by atoms with Crippen molar-refractivity contribution in [1.29, 1.82) is 0 Å². The van der Waals surface area contributed by atoms with Crippen molar-refractivity contribution in [3.63, 3.8) is 0 Å². The molecule has 0 bridgehead atoms. The summed E-state index contributed by atoms with van der Waals surface area (Å²) in [6, 6.07) is 10.2. The van der Waals surface area contributed by atoms with Crippen molar-refractivity contribution in [1.82, 2.24) is 0 Å². The first-order chi connectivity index (χ1) is 10.6. The topological polar surface area (TPSA) is 34.1 Å². The molecule has 0 spiro atoms. The highest BCUT2D eigenvalue weighted by molar-refractivity contribution is 7.73. The Balaban J connectivity index is 3.68. The summed E-state index contributed by atoms with van der Waals surface area (Å²) in [7, 11) is -0.911. The first kappa shape index (κ1) is 19.5. The third-order valence-electron chi connectivity index (χ3n) is 3.48. The fraction of sp³-hybridized carbons (Fsp3) is 0.400. The predicted octanol–water partition coefficient (Wildman–Crippen LogP) is 5.05. The van der Waals surface area contributed by atoms with Crippen molar-refractivity contribution >= 4 is 25.8 Å². The molecule has 0 aliphatic rings. The summed E-state index contributed by atoms with van der Waals surface area (Å²) in [4.78, 5) is 22.5. The normalized spacial score (nSPS) is 15.2. The van der Waals surface area contributed by atoms with Crippen LogP contribution in [0.1, 0.15) is 41.5 Å². The van der Waals surface area contributed by atoms with Crippen LogP contribution in [-0.2, 0) is 9.59 Å². The maximum atomic E-state index is 11.3. The summed E-state index contributed by atoms with van der Waals surface area (Å²) < 4.78 is 0. The Morgan fingerprint density at radius 2 is 1.17 bits per heavy atom. The molecule has 0 fully saturated rings. The Bertz CT molecular complexity index is 563. The van der Waals surface area contributed by atoms with Gasteiger partial charge in [0.25, 0.3) is 0 Å². The van der Waals surface area contributed by atoms with E-state index in [-0.39, 0.29) is 10.8 Å². The molecule has 1 rings (SSSR count). The van der Waals surface area contributed by atoms with Gasteiger partial charge in [0.05, 0.1) is 0 Å². The zero-order valence-corrected chi connectivity index (χ0v) is 15.9. The molecule has 23 heavy (non-hydrogen) atoms. The van der Waals surface area contributed by atoms with E-state index in [0.29, 0.717) is 0 Å². The van der Waals surface area contributed by atoms with Crippen molar-refractivity contribution in [2.75, 3.05) is 0 Å². The molecule has 0 N–H and O–H groups in total. The van der Waals surface area contributed by atoms with E-state index >= 15 is 0 Å². The van der Waals surface area contributed by atoms with Gasteiger partial charge in [0.2, 0.25) is 0 Å². The summed E-state index contributed by atoms with van der Waals surface area (Å²) in [6.07, 6.45) is 5.09. The predicted molar refractivity (Wildman–Crippen MR) is 100 cm³/mol. The number of rotatable bonds is 5. The Hall–Kier alpha value is -1.53. The number of benzene rings is 1. The molecule has 3 heteroatoms. The number of carbonyl (C=O) groups is 2. The third-order valence-corrected chi connectivity index (χ3v) is 6.90. The van der Waals surface area contributed by atoms with Crippen molar-refractivity contribution in [3.8, 4) is 0 Å². The highest BCUT2D eigenvalue weighted by Gasteiger charge is 2.33. The molecule has 0 saturated heterocycles. The number of aldehydes is 2. The number of allylic oxidation sites excluding steroid dienone is 4. The monoisotopic (exact) mass is 330 g/mol. The lowest BCUT2D eigenvalue weighted by Crippen LogP contribution is -2.20. The minimum atomic E-state index is -0.911. The summed E-state index contributed by atoms with van der Waals surface area (Å²) in [6.45, 7) is 12.7. The first-order valence-corrected chi connectivity index (χ1v) is 9.14. The van der Waals surface area contributed by atoms with Crippen LogP contribution in [0.15, 0.2) is 53.1 Å². The molecule has 0 unspecified atom stereocenters. The second kappa shape index (κ2) is 7.84.